The summed E-state index contributed by atoms with van der Waals surface area (Å²) in [6.07, 6.45) is 8.71. The minimum atomic E-state index is 0.242. The molecule has 2 aromatic rings. The lowest BCUT2D eigenvalue weighted by Gasteiger charge is -2.31. The normalized spacial score (nSPS) is 20.2. The number of hydrogen-bond donors (Lipinski definition) is 0. The summed E-state index contributed by atoms with van der Waals surface area (Å²) in [6.45, 7) is 0.860. The highest BCUT2D eigenvalue weighted by Gasteiger charge is 2.25. The molecule has 82 valence electrons. The highest BCUT2D eigenvalue weighted by atomic mass is 16.4. The minimum absolute atomic E-state index is 0.242. The van der Waals surface area contributed by atoms with Gasteiger partial charge in [0.1, 0.15) is 5.76 Å². The van der Waals surface area contributed by atoms with Gasteiger partial charge >= 0.3 is 0 Å². The van der Waals surface area contributed by atoms with E-state index in [2.05, 4.69) is 17.1 Å². The van der Waals surface area contributed by atoms with Crippen molar-refractivity contribution in [3.63, 3.8) is 0 Å². The molecule has 0 bridgehead atoms. The Labute approximate surface area is 94.0 Å². The second-order valence-corrected chi connectivity index (χ2v) is 3.84. The lowest BCUT2D eigenvalue weighted by Crippen LogP contribution is -2.30. The molecule has 0 saturated heterocycles. The van der Waals surface area contributed by atoms with E-state index in [4.69, 9.17) is 8.83 Å². The van der Waals surface area contributed by atoms with Crippen LogP contribution in [-0.2, 0) is 0 Å². The van der Waals surface area contributed by atoms with Crippen molar-refractivity contribution >= 4 is 5.88 Å². The van der Waals surface area contributed by atoms with Gasteiger partial charge in [-0.25, -0.2) is 0 Å². The SMILES string of the molecule is C1=CCN(c2ccco2)C(c2ccco2)C1. The lowest BCUT2D eigenvalue weighted by molar-refractivity contribution is 0.429. The summed E-state index contributed by atoms with van der Waals surface area (Å²) < 4.78 is 10.9. The van der Waals surface area contributed by atoms with E-state index in [1.165, 1.54) is 0 Å². The van der Waals surface area contributed by atoms with Crippen LogP contribution >= 0.6 is 0 Å². The minimum Gasteiger partial charge on any atom is -0.467 e. The maximum Gasteiger partial charge on any atom is 0.196 e. The van der Waals surface area contributed by atoms with Gasteiger partial charge in [-0.1, -0.05) is 12.2 Å². The van der Waals surface area contributed by atoms with Crippen LogP contribution in [0.3, 0.4) is 0 Å². The second-order valence-electron chi connectivity index (χ2n) is 3.84. The van der Waals surface area contributed by atoms with E-state index in [-0.39, 0.29) is 6.04 Å². The number of furan rings is 2. The van der Waals surface area contributed by atoms with Crippen LogP contribution in [0.25, 0.3) is 0 Å². The van der Waals surface area contributed by atoms with Crippen molar-refractivity contribution in [2.45, 2.75) is 12.5 Å². The molecule has 1 aliphatic heterocycles. The Kier molecular flexibility index (Phi) is 2.29. The van der Waals surface area contributed by atoms with Crippen LogP contribution < -0.4 is 4.90 Å². The number of nitrogens with zero attached hydrogens (tertiary/aromatic N) is 1. The third-order valence-electron chi connectivity index (χ3n) is 2.87. The van der Waals surface area contributed by atoms with Gasteiger partial charge in [-0.3, -0.25) is 0 Å². The first kappa shape index (κ1) is 9.33. The van der Waals surface area contributed by atoms with Gasteiger partial charge in [0.15, 0.2) is 5.88 Å². The lowest BCUT2D eigenvalue weighted by atomic mass is 10.1. The Bertz CT molecular complexity index is 412. The van der Waals surface area contributed by atoms with Crippen LogP contribution in [0.1, 0.15) is 18.2 Å². The third-order valence-corrected chi connectivity index (χ3v) is 2.87. The van der Waals surface area contributed by atoms with E-state index in [1.807, 2.05) is 24.3 Å². The summed E-state index contributed by atoms with van der Waals surface area (Å²) in [7, 11) is 0. The monoisotopic (exact) mass is 215 g/mol. The number of rotatable bonds is 2. The highest BCUT2D eigenvalue weighted by molar-refractivity contribution is 5.40. The Morgan fingerprint density at radius 1 is 1.06 bits per heavy atom. The van der Waals surface area contributed by atoms with Gasteiger partial charge in [-0.15, -0.1) is 0 Å². The maximum atomic E-state index is 5.48. The van der Waals surface area contributed by atoms with E-state index < -0.39 is 0 Å². The molecular formula is C13H13NO2. The van der Waals surface area contributed by atoms with Gasteiger partial charge in [0.2, 0.25) is 0 Å². The average molecular weight is 215 g/mol. The number of hydrogen-bond acceptors (Lipinski definition) is 3. The van der Waals surface area contributed by atoms with Crippen molar-refractivity contribution < 1.29 is 8.83 Å². The maximum absolute atomic E-state index is 5.48. The van der Waals surface area contributed by atoms with Crippen LogP contribution in [0, 0.1) is 0 Å². The van der Waals surface area contributed by atoms with Crippen molar-refractivity contribution in [2.75, 3.05) is 11.4 Å². The van der Waals surface area contributed by atoms with Crippen molar-refractivity contribution in [1.82, 2.24) is 0 Å². The third kappa shape index (κ3) is 1.54. The molecule has 0 fully saturated rings. The molecule has 0 spiro atoms. The smallest absolute Gasteiger partial charge is 0.196 e. The van der Waals surface area contributed by atoms with E-state index in [0.717, 1.165) is 24.6 Å². The highest BCUT2D eigenvalue weighted by Crippen LogP contribution is 2.32. The van der Waals surface area contributed by atoms with Crippen molar-refractivity contribution in [3.8, 4) is 0 Å². The first-order valence-corrected chi connectivity index (χ1v) is 5.44. The first-order valence-electron chi connectivity index (χ1n) is 5.44. The fourth-order valence-corrected chi connectivity index (χ4v) is 2.10. The quantitative estimate of drug-likeness (QED) is 0.719. The second kappa shape index (κ2) is 3.93. The number of anilines is 1. The zero-order chi connectivity index (χ0) is 10.8. The van der Waals surface area contributed by atoms with E-state index in [1.54, 1.807) is 12.5 Å². The molecule has 0 amide bonds. The van der Waals surface area contributed by atoms with Crippen molar-refractivity contribution in [1.29, 1.82) is 0 Å². The standard InChI is InChI=1S/C13H13NO2/c1-2-8-14(13-7-4-10-16-13)11(5-1)12-6-3-9-15-12/h1-4,6-7,9-11H,5,8H2. The summed E-state index contributed by atoms with van der Waals surface area (Å²) in [4.78, 5) is 2.21. The van der Waals surface area contributed by atoms with E-state index in [0.29, 0.717) is 0 Å². The van der Waals surface area contributed by atoms with Crippen LogP contribution in [0.2, 0.25) is 0 Å². The average Bonchev–Trinajstić information content (AvgIpc) is 3.03. The fourth-order valence-electron chi connectivity index (χ4n) is 2.10. The summed E-state index contributed by atoms with van der Waals surface area (Å²) in [5.41, 5.74) is 0. The Hall–Kier alpha value is -1.90. The molecule has 1 aliphatic rings. The van der Waals surface area contributed by atoms with Gasteiger partial charge in [-0.05, 0) is 24.6 Å². The van der Waals surface area contributed by atoms with Gasteiger partial charge in [0.25, 0.3) is 0 Å². The molecule has 16 heavy (non-hydrogen) atoms. The molecule has 0 aromatic carbocycles. The summed E-state index contributed by atoms with van der Waals surface area (Å²) in [6, 6.07) is 8.07. The predicted octanol–water partition coefficient (Wildman–Crippen LogP) is 3.38. The largest absolute Gasteiger partial charge is 0.467 e. The molecule has 1 atom stereocenters. The molecule has 0 aliphatic carbocycles. The molecular weight excluding hydrogens is 202 g/mol. The van der Waals surface area contributed by atoms with Gasteiger partial charge in [-0.2, -0.15) is 0 Å². The molecule has 0 radical (unpaired) electrons. The van der Waals surface area contributed by atoms with Crippen LogP contribution in [-0.4, -0.2) is 6.54 Å². The Balaban J connectivity index is 1.94. The molecule has 2 aromatic heterocycles. The molecule has 3 heterocycles. The molecule has 3 rings (SSSR count). The van der Waals surface area contributed by atoms with E-state index >= 15 is 0 Å². The topological polar surface area (TPSA) is 29.5 Å². The summed E-state index contributed by atoms with van der Waals surface area (Å²) in [5.74, 6) is 1.88. The zero-order valence-corrected chi connectivity index (χ0v) is 8.87. The van der Waals surface area contributed by atoms with Gasteiger partial charge < -0.3 is 13.7 Å². The van der Waals surface area contributed by atoms with Crippen LogP contribution in [0.4, 0.5) is 5.88 Å². The molecule has 3 nitrogen and oxygen atoms in total. The van der Waals surface area contributed by atoms with Crippen molar-refractivity contribution in [3.05, 3.63) is 54.7 Å². The summed E-state index contributed by atoms with van der Waals surface area (Å²) in [5, 5.41) is 0. The first-order chi connectivity index (χ1) is 7.95. The fraction of sp³-hybridized carbons (Fsp3) is 0.231. The predicted molar refractivity (Wildman–Crippen MR) is 61.3 cm³/mol. The van der Waals surface area contributed by atoms with E-state index in [9.17, 15) is 0 Å². The van der Waals surface area contributed by atoms with Crippen LogP contribution in [0.15, 0.2) is 57.8 Å². The molecule has 0 N–H and O–H groups in total. The van der Waals surface area contributed by atoms with Crippen LogP contribution in [0.5, 0.6) is 0 Å². The molecule has 3 heteroatoms. The summed E-state index contributed by atoms with van der Waals surface area (Å²) >= 11 is 0. The molecule has 0 saturated carbocycles. The van der Waals surface area contributed by atoms with Gasteiger partial charge in [0, 0.05) is 12.6 Å². The zero-order valence-electron chi connectivity index (χ0n) is 8.87. The van der Waals surface area contributed by atoms with Gasteiger partial charge in [0.05, 0.1) is 18.6 Å². The van der Waals surface area contributed by atoms with Crippen molar-refractivity contribution in [2.24, 2.45) is 0 Å². The Morgan fingerprint density at radius 3 is 2.69 bits per heavy atom. The molecule has 1 unspecified atom stereocenters. The Morgan fingerprint density at radius 2 is 1.94 bits per heavy atom.